The molecule has 102 valence electrons. The van der Waals surface area contributed by atoms with E-state index < -0.39 is 0 Å². The number of rotatable bonds is 1. The Hall–Kier alpha value is -2.88. The van der Waals surface area contributed by atoms with E-state index in [0.29, 0.717) is 0 Å². The first kappa shape index (κ1) is 11.9. The zero-order valence-electron chi connectivity index (χ0n) is 11.5. The topological polar surface area (TPSA) is 60.7 Å². The maximum atomic E-state index is 10.2. The Bertz CT molecular complexity index is 1010. The van der Waals surface area contributed by atoms with Crippen molar-refractivity contribution >= 4 is 28.9 Å². The van der Waals surface area contributed by atoms with E-state index in [1.165, 1.54) is 0 Å². The van der Waals surface area contributed by atoms with Gasteiger partial charge in [-0.05, 0) is 29.8 Å². The van der Waals surface area contributed by atoms with E-state index >= 15 is 0 Å². The Balaban J connectivity index is 1.98. The number of aromatic amines is 1. The number of para-hydroxylation sites is 1. The number of benzene rings is 2. The molecule has 0 unspecified atom stereocenters. The monoisotopic (exact) mass is 275 g/mol. The summed E-state index contributed by atoms with van der Waals surface area (Å²) in [6.45, 7) is 2.02. The number of nitrogens with zero attached hydrogens (tertiary/aromatic N) is 2. The summed E-state index contributed by atoms with van der Waals surface area (Å²) in [5, 5.41) is 21.2. The fraction of sp³-hybridized carbons (Fsp3) is 0.0588. The van der Waals surface area contributed by atoms with Crippen LogP contribution in [0.1, 0.15) is 11.1 Å². The predicted molar refractivity (Wildman–Crippen MR) is 82.9 cm³/mol. The molecular formula is C17H13N3O. The van der Waals surface area contributed by atoms with Gasteiger partial charge in [-0.3, -0.25) is 0 Å². The Labute approximate surface area is 120 Å². The molecule has 0 fully saturated rings. The smallest absolute Gasteiger partial charge is 0.196 e. The van der Waals surface area contributed by atoms with Crippen LogP contribution < -0.4 is 10.4 Å². The van der Waals surface area contributed by atoms with Crippen LogP contribution in [0, 0.1) is 6.92 Å². The highest BCUT2D eigenvalue weighted by atomic mass is 16.3. The summed E-state index contributed by atoms with van der Waals surface area (Å²) in [7, 11) is 0. The molecule has 2 aromatic carbocycles. The second-order valence-electron chi connectivity index (χ2n) is 5.19. The standard InChI is InChI=1S/C17H13N3O/c1-10-3-2-4-13-14(17(21)19-16(10)13)7-11-5-6-12-9-18-20-15(12)8-11/h2-9,19,21H,1H3/b11-7+. The summed E-state index contributed by atoms with van der Waals surface area (Å²) < 4.78 is 0. The molecule has 21 heavy (non-hydrogen) atoms. The average Bonchev–Trinajstić information content (AvgIpc) is 3.05. The summed E-state index contributed by atoms with van der Waals surface area (Å²) in [6.07, 6.45) is 3.70. The molecule has 0 atom stereocenters. The molecule has 4 nitrogen and oxygen atoms in total. The number of azo groups is 1. The molecular weight excluding hydrogens is 262 g/mol. The van der Waals surface area contributed by atoms with Crippen molar-refractivity contribution in [1.82, 2.24) is 4.98 Å². The van der Waals surface area contributed by atoms with Gasteiger partial charge in [0.15, 0.2) is 5.88 Å². The quantitative estimate of drug-likeness (QED) is 0.705. The van der Waals surface area contributed by atoms with Crippen molar-refractivity contribution < 1.29 is 5.11 Å². The van der Waals surface area contributed by atoms with Gasteiger partial charge >= 0.3 is 0 Å². The van der Waals surface area contributed by atoms with Gasteiger partial charge in [0.1, 0.15) is 0 Å². The van der Waals surface area contributed by atoms with E-state index in [1.807, 2.05) is 49.4 Å². The van der Waals surface area contributed by atoms with Crippen LogP contribution in [0.4, 0.5) is 5.69 Å². The van der Waals surface area contributed by atoms with E-state index in [-0.39, 0.29) is 5.88 Å². The van der Waals surface area contributed by atoms with Gasteiger partial charge in [-0.1, -0.05) is 30.3 Å². The van der Waals surface area contributed by atoms with Crippen molar-refractivity contribution in [3.05, 3.63) is 58.0 Å². The average molecular weight is 275 g/mol. The van der Waals surface area contributed by atoms with Gasteiger partial charge < -0.3 is 10.1 Å². The van der Waals surface area contributed by atoms with Gasteiger partial charge in [0.2, 0.25) is 0 Å². The van der Waals surface area contributed by atoms with Gasteiger partial charge in [-0.25, -0.2) is 0 Å². The largest absolute Gasteiger partial charge is 0.494 e. The zero-order chi connectivity index (χ0) is 14.4. The van der Waals surface area contributed by atoms with E-state index in [4.69, 9.17) is 0 Å². The molecule has 2 N–H and O–H groups in total. The number of aromatic nitrogens is 1. The minimum atomic E-state index is 0.188. The fourth-order valence-corrected chi connectivity index (χ4v) is 2.68. The summed E-state index contributed by atoms with van der Waals surface area (Å²) in [6, 6.07) is 12.0. The SMILES string of the molecule is Cc1cccc2c(/C=c3\ccc4c(c3)N=NC=4)c(O)[nH]c12. The second-order valence-corrected chi connectivity index (χ2v) is 5.19. The molecule has 0 saturated carbocycles. The molecule has 1 aliphatic rings. The van der Waals surface area contributed by atoms with Crippen LogP contribution in [0.3, 0.4) is 0 Å². The fourth-order valence-electron chi connectivity index (χ4n) is 2.68. The third-order valence-corrected chi connectivity index (χ3v) is 3.79. The Morgan fingerprint density at radius 3 is 3.00 bits per heavy atom. The maximum Gasteiger partial charge on any atom is 0.196 e. The highest BCUT2D eigenvalue weighted by Gasteiger charge is 2.09. The third-order valence-electron chi connectivity index (χ3n) is 3.79. The van der Waals surface area contributed by atoms with E-state index in [2.05, 4.69) is 15.2 Å². The number of aromatic hydroxyl groups is 1. The highest BCUT2D eigenvalue weighted by Crippen LogP contribution is 2.29. The van der Waals surface area contributed by atoms with Crippen molar-refractivity contribution in [2.24, 2.45) is 10.2 Å². The Morgan fingerprint density at radius 2 is 2.10 bits per heavy atom. The lowest BCUT2D eigenvalue weighted by molar-refractivity contribution is 0.457. The van der Waals surface area contributed by atoms with E-state index in [1.54, 1.807) is 6.20 Å². The van der Waals surface area contributed by atoms with Crippen LogP contribution >= 0.6 is 0 Å². The molecule has 2 heterocycles. The van der Waals surface area contributed by atoms with E-state index in [0.717, 1.165) is 38.2 Å². The molecule has 0 bridgehead atoms. The van der Waals surface area contributed by atoms with Crippen LogP contribution in [0.15, 0.2) is 46.6 Å². The molecule has 0 saturated heterocycles. The van der Waals surface area contributed by atoms with Crippen LogP contribution in [0.25, 0.3) is 23.2 Å². The van der Waals surface area contributed by atoms with Gasteiger partial charge in [0, 0.05) is 16.2 Å². The van der Waals surface area contributed by atoms with Crippen LogP contribution in [0.2, 0.25) is 0 Å². The lowest BCUT2D eigenvalue weighted by Gasteiger charge is -1.96. The van der Waals surface area contributed by atoms with Crippen LogP contribution in [-0.4, -0.2) is 10.1 Å². The molecule has 1 aromatic heterocycles. The van der Waals surface area contributed by atoms with Gasteiger partial charge in [0.25, 0.3) is 0 Å². The number of fused-ring (bicyclic) bond motifs is 2. The minimum Gasteiger partial charge on any atom is -0.494 e. The summed E-state index contributed by atoms with van der Waals surface area (Å²) >= 11 is 0. The second kappa shape index (κ2) is 4.31. The molecule has 4 rings (SSSR count). The molecule has 0 radical (unpaired) electrons. The maximum absolute atomic E-state index is 10.2. The number of nitrogens with one attached hydrogen (secondary N) is 1. The Kier molecular flexibility index (Phi) is 2.44. The number of H-pyrrole nitrogens is 1. The van der Waals surface area contributed by atoms with Crippen molar-refractivity contribution in [2.45, 2.75) is 6.92 Å². The summed E-state index contributed by atoms with van der Waals surface area (Å²) in [4.78, 5) is 3.04. The number of hydrogen-bond acceptors (Lipinski definition) is 3. The molecule has 4 heteroatoms. The highest BCUT2D eigenvalue weighted by molar-refractivity contribution is 5.93. The molecule has 0 amide bonds. The normalized spacial score (nSPS) is 13.7. The first-order valence-electron chi connectivity index (χ1n) is 6.75. The minimum absolute atomic E-state index is 0.188. The Morgan fingerprint density at radius 1 is 1.19 bits per heavy atom. The lowest BCUT2D eigenvalue weighted by atomic mass is 10.1. The number of aryl methyl sites for hydroxylation is 1. The lowest BCUT2D eigenvalue weighted by Crippen LogP contribution is -2.06. The van der Waals surface area contributed by atoms with E-state index in [9.17, 15) is 5.11 Å². The number of hydrogen-bond donors (Lipinski definition) is 2. The van der Waals surface area contributed by atoms with Crippen molar-refractivity contribution in [3.8, 4) is 5.88 Å². The first-order chi connectivity index (χ1) is 10.2. The van der Waals surface area contributed by atoms with Crippen LogP contribution in [-0.2, 0) is 0 Å². The predicted octanol–water partition coefficient (Wildman–Crippen LogP) is 2.85. The summed E-state index contributed by atoms with van der Waals surface area (Å²) in [5.41, 5.74) is 3.74. The first-order valence-corrected chi connectivity index (χ1v) is 6.75. The van der Waals surface area contributed by atoms with Crippen molar-refractivity contribution in [2.75, 3.05) is 0 Å². The van der Waals surface area contributed by atoms with Crippen LogP contribution in [0.5, 0.6) is 5.88 Å². The molecule has 0 spiro atoms. The third kappa shape index (κ3) is 1.84. The molecule has 0 aliphatic carbocycles. The van der Waals surface area contributed by atoms with Gasteiger partial charge in [-0.2, -0.15) is 10.2 Å². The molecule has 1 aliphatic heterocycles. The molecule has 3 aromatic rings. The zero-order valence-corrected chi connectivity index (χ0v) is 11.5. The van der Waals surface area contributed by atoms with Gasteiger partial charge in [0.05, 0.1) is 17.4 Å². The van der Waals surface area contributed by atoms with Gasteiger partial charge in [-0.15, -0.1) is 0 Å². The summed E-state index contributed by atoms with van der Waals surface area (Å²) in [5.74, 6) is 0.188. The van der Waals surface area contributed by atoms with Crippen molar-refractivity contribution in [3.63, 3.8) is 0 Å². The van der Waals surface area contributed by atoms with Crippen molar-refractivity contribution in [1.29, 1.82) is 0 Å².